The van der Waals surface area contributed by atoms with Gasteiger partial charge in [0.15, 0.2) is 17.5 Å². The summed E-state index contributed by atoms with van der Waals surface area (Å²) >= 11 is 0. The summed E-state index contributed by atoms with van der Waals surface area (Å²) in [6.45, 7) is 5.36. The molecule has 0 aliphatic rings. The Bertz CT molecular complexity index is 585. The van der Waals surface area contributed by atoms with Crippen LogP contribution >= 0.6 is 0 Å². The molecule has 2 rings (SSSR count). The molecule has 0 radical (unpaired) electrons. The highest BCUT2D eigenvalue weighted by Crippen LogP contribution is 2.20. The lowest BCUT2D eigenvalue weighted by molar-refractivity contribution is 0.445. The van der Waals surface area contributed by atoms with Crippen molar-refractivity contribution in [3.05, 3.63) is 47.0 Å². The van der Waals surface area contributed by atoms with E-state index in [1.807, 2.05) is 13.8 Å². The van der Waals surface area contributed by atoms with Gasteiger partial charge in [0.25, 0.3) is 0 Å². The summed E-state index contributed by atoms with van der Waals surface area (Å²) in [4.78, 5) is 0. The molecule has 0 saturated carbocycles. The first-order valence-corrected chi connectivity index (χ1v) is 6.49. The van der Waals surface area contributed by atoms with Crippen molar-refractivity contribution in [1.29, 1.82) is 0 Å². The lowest BCUT2D eigenvalue weighted by Gasteiger charge is -2.09. The molecule has 2 aromatic rings. The number of benzene rings is 1. The summed E-state index contributed by atoms with van der Waals surface area (Å²) in [6.07, 6.45) is 2.31. The van der Waals surface area contributed by atoms with Gasteiger partial charge in [0.2, 0.25) is 0 Å². The van der Waals surface area contributed by atoms with Crippen LogP contribution in [0.3, 0.4) is 0 Å². The highest BCUT2D eigenvalue weighted by atomic mass is 19.2. The van der Waals surface area contributed by atoms with Gasteiger partial charge in [-0.05, 0) is 13.0 Å². The molecule has 0 fully saturated rings. The van der Waals surface area contributed by atoms with E-state index in [-0.39, 0.29) is 5.69 Å². The Kier molecular flexibility index (Phi) is 4.44. The Balaban J connectivity index is 2.45. The number of hydrogen-bond acceptors (Lipinski definition) is 2. The van der Waals surface area contributed by atoms with Crippen molar-refractivity contribution >= 4 is 0 Å². The predicted octanol–water partition coefficient (Wildman–Crippen LogP) is 2.96. The van der Waals surface area contributed by atoms with Gasteiger partial charge in [-0.3, -0.25) is 0 Å². The maximum absolute atomic E-state index is 13.3. The summed E-state index contributed by atoms with van der Waals surface area (Å²) in [6, 6.07) is 1.89. The standard InChI is InChI=1S/C14H16F3N3/c1-3-13-9(7-18-4-2)8-19-20(13)10-5-11(15)14(17)12(16)6-10/h5-6,8,18H,3-4,7H2,1-2H3. The van der Waals surface area contributed by atoms with E-state index < -0.39 is 17.5 Å². The maximum atomic E-state index is 13.3. The number of halogens is 3. The molecular weight excluding hydrogens is 267 g/mol. The fourth-order valence-electron chi connectivity index (χ4n) is 2.08. The third-order valence-corrected chi connectivity index (χ3v) is 3.07. The second-order valence-corrected chi connectivity index (χ2v) is 4.39. The van der Waals surface area contributed by atoms with E-state index in [9.17, 15) is 13.2 Å². The minimum atomic E-state index is -1.47. The molecule has 1 heterocycles. The van der Waals surface area contributed by atoms with Gasteiger partial charge in [-0.15, -0.1) is 0 Å². The second kappa shape index (κ2) is 6.09. The van der Waals surface area contributed by atoms with Gasteiger partial charge in [0, 0.05) is 29.9 Å². The molecule has 0 spiro atoms. The predicted molar refractivity (Wildman–Crippen MR) is 70.2 cm³/mol. The summed E-state index contributed by atoms with van der Waals surface area (Å²) in [5.41, 5.74) is 1.98. The number of hydrogen-bond donors (Lipinski definition) is 1. The smallest absolute Gasteiger partial charge is 0.194 e. The van der Waals surface area contributed by atoms with E-state index in [4.69, 9.17) is 0 Å². The van der Waals surface area contributed by atoms with Gasteiger partial charge >= 0.3 is 0 Å². The number of nitrogens with one attached hydrogen (secondary N) is 1. The van der Waals surface area contributed by atoms with Gasteiger partial charge in [-0.25, -0.2) is 17.9 Å². The molecule has 1 aromatic heterocycles. The molecule has 0 aliphatic carbocycles. The number of nitrogens with zero attached hydrogens (tertiary/aromatic N) is 2. The topological polar surface area (TPSA) is 29.9 Å². The highest BCUT2D eigenvalue weighted by Gasteiger charge is 2.15. The first-order valence-electron chi connectivity index (χ1n) is 6.49. The lowest BCUT2D eigenvalue weighted by atomic mass is 10.2. The normalized spacial score (nSPS) is 11.1. The third-order valence-electron chi connectivity index (χ3n) is 3.07. The van der Waals surface area contributed by atoms with Crippen molar-refractivity contribution in [2.75, 3.05) is 6.54 Å². The molecule has 1 N–H and O–H groups in total. The van der Waals surface area contributed by atoms with Gasteiger partial charge in [0.05, 0.1) is 11.9 Å². The summed E-state index contributed by atoms with van der Waals surface area (Å²) in [5, 5.41) is 7.32. The first-order chi connectivity index (χ1) is 9.58. The monoisotopic (exact) mass is 283 g/mol. The van der Waals surface area contributed by atoms with Gasteiger partial charge < -0.3 is 5.32 Å². The van der Waals surface area contributed by atoms with Gasteiger partial charge in [-0.1, -0.05) is 13.8 Å². The molecule has 1 aromatic carbocycles. The molecular formula is C14H16F3N3. The van der Waals surface area contributed by atoms with E-state index in [1.54, 1.807) is 6.20 Å². The molecule has 0 bridgehead atoms. The largest absolute Gasteiger partial charge is 0.313 e. The van der Waals surface area contributed by atoms with Crippen LogP contribution in [-0.2, 0) is 13.0 Å². The van der Waals surface area contributed by atoms with Crippen LogP contribution in [0.15, 0.2) is 18.3 Å². The molecule has 0 unspecified atom stereocenters. The van der Waals surface area contributed by atoms with E-state index in [1.165, 1.54) is 4.68 Å². The van der Waals surface area contributed by atoms with Crippen molar-refractivity contribution in [2.24, 2.45) is 0 Å². The highest BCUT2D eigenvalue weighted by molar-refractivity contribution is 5.36. The minimum Gasteiger partial charge on any atom is -0.313 e. The van der Waals surface area contributed by atoms with Crippen molar-refractivity contribution in [3.63, 3.8) is 0 Å². The summed E-state index contributed by atoms with van der Waals surface area (Å²) in [7, 11) is 0. The zero-order valence-electron chi connectivity index (χ0n) is 11.4. The van der Waals surface area contributed by atoms with Crippen LogP contribution in [0.4, 0.5) is 13.2 Å². The van der Waals surface area contributed by atoms with Crippen LogP contribution in [0.25, 0.3) is 5.69 Å². The SMILES string of the molecule is CCNCc1cnn(-c2cc(F)c(F)c(F)c2)c1CC. The van der Waals surface area contributed by atoms with E-state index in [2.05, 4.69) is 10.4 Å². The first kappa shape index (κ1) is 14.6. The van der Waals surface area contributed by atoms with Gasteiger partial charge in [-0.2, -0.15) is 5.10 Å². The van der Waals surface area contributed by atoms with Crippen LogP contribution < -0.4 is 5.32 Å². The summed E-state index contributed by atoms with van der Waals surface area (Å²) < 4.78 is 41.0. The fraction of sp³-hybridized carbons (Fsp3) is 0.357. The molecule has 6 heteroatoms. The second-order valence-electron chi connectivity index (χ2n) is 4.39. The molecule has 0 atom stereocenters. The Labute approximate surface area is 115 Å². The number of aromatic nitrogens is 2. The quantitative estimate of drug-likeness (QED) is 0.855. The van der Waals surface area contributed by atoms with Crippen LogP contribution in [-0.4, -0.2) is 16.3 Å². The molecule has 0 amide bonds. The van der Waals surface area contributed by atoms with Crippen molar-refractivity contribution in [2.45, 2.75) is 26.8 Å². The Morgan fingerprint density at radius 1 is 1.15 bits per heavy atom. The van der Waals surface area contributed by atoms with Crippen LogP contribution in [0, 0.1) is 17.5 Å². The average molecular weight is 283 g/mol. The van der Waals surface area contributed by atoms with Crippen molar-refractivity contribution in [3.8, 4) is 5.69 Å². The third kappa shape index (κ3) is 2.70. The van der Waals surface area contributed by atoms with Crippen LogP contribution in [0.1, 0.15) is 25.1 Å². The zero-order valence-corrected chi connectivity index (χ0v) is 11.4. The van der Waals surface area contributed by atoms with E-state index >= 15 is 0 Å². The van der Waals surface area contributed by atoms with Crippen molar-refractivity contribution < 1.29 is 13.2 Å². The average Bonchev–Trinajstić information content (AvgIpc) is 2.84. The maximum Gasteiger partial charge on any atom is 0.194 e. The van der Waals surface area contributed by atoms with E-state index in [0.717, 1.165) is 29.9 Å². The molecule has 108 valence electrons. The fourth-order valence-corrected chi connectivity index (χ4v) is 2.08. The Morgan fingerprint density at radius 3 is 2.35 bits per heavy atom. The number of rotatable bonds is 5. The van der Waals surface area contributed by atoms with Crippen LogP contribution in [0.2, 0.25) is 0 Å². The lowest BCUT2D eigenvalue weighted by Crippen LogP contribution is -2.13. The van der Waals surface area contributed by atoms with Gasteiger partial charge in [0.1, 0.15) is 0 Å². The molecule has 20 heavy (non-hydrogen) atoms. The van der Waals surface area contributed by atoms with Crippen LogP contribution in [0.5, 0.6) is 0 Å². The molecule has 0 saturated heterocycles. The Morgan fingerprint density at radius 2 is 1.80 bits per heavy atom. The minimum absolute atomic E-state index is 0.181. The van der Waals surface area contributed by atoms with E-state index in [0.29, 0.717) is 13.0 Å². The van der Waals surface area contributed by atoms with Crippen molar-refractivity contribution in [1.82, 2.24) is 15.1 Å². The Hall–Kier alpha value is -1.82. The molecule has 3 nitrogen and oxygen atoms in total. The molecule has 0 aliphatic heterocycles. The summed E-state index contributed by atoms with van der Waals surface area (Å²) in [5.74, 6) is -3.90. The zero-order chi connectivity index (χ0) is 14.7.